The Kier molecular flexibility index (Phi) is 4.52. The SMILES string of the molecule is CC(C)CC(C)(CN)NS(=O)(=O)c1cnn(C)c1. The summed E-state index contributed by atoms with van der Waals surface area (Å²) >= 11 is 0. The van der Waals surface area contributed by atoms with E-state index in [1.807, 2.05) is 20.8 Å². The molecule has 0 spiro atoms. The summed E-state index contributed by atoms with van der Waals surface area (Å²) in [5, 5.41) is 3.87. The fourth-order valence-electron chi connectivity index (χ4n) is 1.99. The lowest BCUT2D eigenvalue weighted by molar-refractivity contribution is 0.344. The highest BCUT2D eigenvalue weighted by atomic mass is 32.2. The number of rotatable bonds is 6. The van der Waals surface area contributed by atoms with Crippen LogP contribution in [-0.4, -0.2) is 30.3 Å². The van der Waals surface area contributed by atoms with Gasteiger partial charge in [0.25, 0.3) is 0 Å². The van der Waals surface area contributed by atoms with Gasteiger partial charge >= 0.3 is 0 Å². The lowest BCUT2D eigenvalue weighted by Gasteiger charge is -2.30. The average molecular weight is 274 g/mol. The van der Waals surface area contributed by atoms with Crippen molar-refractivity contribution in [2.24, 2.45) is 18.7 Å². The molecule has 0 fully saturated rings. The van der Waals surface area contributed by atoms with E-state index in [4.69, 9.17) is 5.73 Å². The van der Waals surface area contributed by atoms with E-state index in [0.29, 0.717) is 12.3 Å². The first-order chi connectivity index (χ1) is 8.18. The number of sulfonamides is 1. The lowest BCUT2D eigenvalue weighted by Crippen LogP contribution is -2.51. The number of hydrogen-bond donors (Lipinski definition) is 2. The number of nitrogens with zero attached hydrogens (tertiary/aromatic N) is 2. The Morgan fingerprint density at radius 1 is 1.56 bits per heavy atom. The highest BCUT2D eigenvalue weighted by Gasteiger charge is 2.30. The number of nitrogens with one attached hydrogen (secondary N) is 1. The van der Waals surface area contributed by atoms with Crippen molar-refractivity contribution in [2.45, 2.75) is 37.6 Å². The van der Waals surface area contributed by atoms with Gasteiger partial charge in [-0.2, -0.15) is 5.10 Å². The predicted octanol–water partition coefficient (Wildman–Crippen LogP) is 0.462. The third kappa shape index (κ3) is 3.79. The standard InChI is InChI=1S/C11H22N4O2S/c1-9(2)5-11(3,8-12)14-18(16,17)10-6-13-15(4)7-10/h6-7,9,14H,5,8,12H2,1-4H3. The van der Waals surface area contributed by atoms with Crippen LogP contribution >= 0.6 is 0 Å². The minimum absolute atomic E-state index is 0.161. The van der Waals surface area contributed by atoms with Gasteiger partial charge in [-0.25, -0.2) is 13.1 Å². The topological polar surface area (TPSA) is 90.0 Å². The van der Waals surface area contributed by atoms with Crippen LogP contribution in [0.5, 0.6) is 0 Å². The quantitative estimate of drug-likeness (QED) is 0.788. The summed E-state index contributed by atoms with van der Waals surface area (Å²) in [4.78, 5) is 0.161. The Morgan fingerprint density at radius 3 is 2.56 bits per heavy atom. The van der Waals surface area contributed by atoms with Crippen LogP contribution < -0.4 is 10.5 Å². The van der Waals surface area contributed by atoms with Crippen LogP contribution in [0, 0.1) is 5.92 Å². The first-order valence-corrected chi connectivity index (χ1v) is 7.39. The minimum atomic E-state index is -3.57. The Morgan fingerprint density at radius 2 is 2.17 bits per heavy atom. The first-order valence-electron chi connectivity index (χ1n) is 5.91. The van der Waals surface area contributed by atoms with Gasteiger partial charge in [-0.1, -0.05) is 13.8 Å². The maximum absolute atomic E-state index is 12.2. The molecule has 1 atom stereocenters. The number of aryl methyl sites for hydroxylation is 1. The van der Waals surface area contributed by atoms with Crippen LogP contribution in [-0.2, 0) is 17.1 Å². The Balaban J connectivity index is 2.94. The van der Waals surface area contributed by atoms with E-state index < -0.39 is 15.6 Å². The van der Waals surface area contributed by atoms with Gasteiger partial charge in [-0.3, -0.25) is 4.68 Å². The number of aromatic nitrogens is 2. The molecule has 1 rings (SSSR count). The normalized spacial score (nSPS) is 15.9. The van der Waals surface area contributed by atoms with E-state index in [0.717, 1.165) is 0 Å². The van der Waals surface area contributed by atoms with Crippen molar-refractivity contribution in [1.29, 1.82) is 0 Å². The lowest BCUT2D eigenvalue weighted by atomic mass is 9.92. The molecule has 0 radical (unpaired) electrons. The fourth-order valence-corrected chi connectivity index (χ4v) is 3.40. The van der Waals surface area contributed by atoms with Crippen molar-refractivity contribution in [3.63, 3.8) is 0 Å². The van der Waals surface area contributed by atoms with E-state index in [1.54, 1.807) is 7.05 Å². The fraction of sp³-hybridized carbons (Fsp3) is 0.727. The molecule has 0 bridgehead atoms. The van der Waals surface area contributed by atoms with Crippen molar-refractivity contribution in [3.05, 3.63) is 12.4 Å². The van der Waals surface area contributed by atoms with E-state index >= 15 is 0 Å². The highest BCUT2D eigenvalue weighted by molar-refractivity contribution is 7.89. The van der Waals surface area contributed by atoms with Gasteiger partial charge in [0.2, 0.25) is 10.0 Å². The van der Waals surface area contributed by atoms with Crippen molar-refractivity contribution >= 4 is 10.0 Å². The molecule has 0 aliphatic rings. The van der Waals surface area contributed by atoms with Crippen LogP contribution in [0.25, 0.3) is 0 Å². The summed E-state index contributed by atoms with van der Waals surface area (Å²) in [5.41, 5.74) is 5.06. The summed E-state index contributed by atoms with van der Waals surface area (Å²) in [6.07, 6.45) is 3.48. The summed E-state index contributed by atoms with van der Waals surface area (Å²) < 4.78 is 28.5. The molecule has 1 unspecified atom stereocenters. The van der Waals surface area contributed by atoms with Gasteiger partial charge in [-0.15, -0.1) is 0 Å². The third-order valence-electron chi connectivity index (χ3n) is 2.68. The van der Waals surface area contributed by atoms with Crippen LogP contribution in [0.1, 0.15) is 27.2 Å². The minimum Gasteiger partial charge on any atom is -0.329 e. The van der Waals surface area contributed by atoms with Crippen molar-refractivity contribution < 1.29 is 8.42 Å². The predicted molar refractivity (Wildman–Crippen MR) is 70.4 cm³/mol. The van der Waals surface area contributed by atoms with Crippen molar-refractivity contribution in [3.8, 4) is 0 Å². The first kappa shape index (κ1) is 15.1. The van der Waals surface area contributed by atoms with Crippen LogP contribution in [0.2, 0.25) is 0 Å². The van der Waals surface area contributed by atoms with Gasteiger partial charge in [0.1, 0.15) is 4.90 Å². The molecule has 0 aromatic carbocycles. The second kappa shape index (κ2) is 5.38. The maximum Gasteiger partial charge on any atom is 0.244 e. The molecular formula is C11H22N4O2S. The smallest absolute Gasteiger partial charge is 0.244 e. The zero-order valence-electron chi connectivity index (χ0n) is 11.3. The summed E-state index contributed by atoms with van der Waals surface area (Å²) in [6, 6.07) is 0. The molecule has 0 aliphatic heterocycles. The van der Waals surface area contributed by atoms with E-state index in [-0.39, 0.29) is 11.4 Å². The monoisotopic (exact) mass is 274 g/mol. The largest absolute Gasteiger partial charge is 0.329 e. The third-order valence-corrected chi connectivity index (χ3v) is 4.27. The van der Waals surface area contributed by atoms with Gasteiger partial charge in [0.15, 0.2) is 0 Å². The molecular weight excluding hydrogens is 252 g/mol. The van der Waals surface area contributed by atoms with Crippen molar-refractivity contribution in [2.75, 3.05) is 6.54 Å². The second-order valence-corrected chi connectivity index (χ2v) is 7.00. The van der Waals surface area contributed by atoms with Gasteiger partial charge < -0.3 is 5.73 Å². The Labute approximate surface area is 109 Å². The summed E-state index contributed by atoms with van der Waals surface area (Å²) in [5.74, 6) is 0.357. The van der Waals surface area contributed by atoms with Gasteiger partial charge in [-0.05, 0) is 19.3 Å². The molecule has 0 aliphatic carbocycles. The van der Waals surface area contributed by atoms with Crippen LogP contribution in [0.4, 0.5) is 0 Å². The van der Waals surface area contributed by atoms with Gasteiger partial charge in [0, 0.05) is 25.3 Å². The van der Waals surface area contributed by atoms with Crippen molar-refractivity contribution in [1.82, 2.24) is 14.5 Å². The van der Waals surface area contributed by atoms with Crippen LogP contribution in [0.15, 0.2) is 17.3 Å². The zero-order valence-corrected chi connectivity index (χ0v) is 12.2. The Bertz CT molecular complexity index is 495. The molecule has 6 nitrogen and oxygen atoms in total. The zero-order chi connectivity index (χ0) is 14.0. The molecule has 18 heavy (non-hydrogen) atoms. The molecule has 0 saturated carbocycles. The molecule has 0 saturated heterocycles. The molecule has 3 N–H and O–H groups in total. The number of nitrogens with two attached hydrogens (primary N) is 1. The number of hydrogen-bond acceptors (Lipinski definition) is 4. The summed E-state index contributed by atoms with van der Waals surface area (Å²) in [6.45, 7) is 6.14. The van der Waals surface area contributed by atoms with E-state index in [9.17, 15) is 8.42 Å². The van der Waals surface area contributed by atoms with E-state index in [2.05, 4.69) is 9.82 Å². The van der Waals surface area contributed by atoms with Gasteiger partial charge in [0.05, 0.1) is 6.20 Å². The highest BCUT2D eigenvalue weighted by Crippen LogP contribution is 2.19. The molecule has 7 heteroatoms. The van der Waals surface area contributed by atoms with E-state index in [1.165, 1.54) is 17.1 Å². The Hall–Kier alpha value is -0.920. The van der Waals surface area contributed by atoms with Crippen LogP contribution in [0.3, 0.4) is 0 Å². The second-order valence-electron chi connectivity index (χ2n) is 5.32. The average Bonchev–Trinajstić information content (AvgIpc) is 2.63. The molecule has 1 aromatic rings. The maximum atomic E-state index is 12.2. The summed E-state index contributed by atoms with van der Waals surface area (Å²) in [7, 11) is -1.89. The molecule has 1 heterocycles. The molecule has 0 amide bonds. The molecule has 104 valence electrons. The molecule has 1 aromatic heterocycles.